The second kappa shape index (κ2) is 10.0. The molecule has 0 fully saturated rings. The molecule has 0 saturated heterocycles. The summed E-state index contributed by atoms with van der Waals surface area (Å²) in [6, 6.07) is 11.4. The average Bonchev–Trinajstić information content (AvgIpc) is 3.17. The second-order valence-electron chi connectivity index (χ2n) is 6.42. The molecule has 30 heavy (non-hydrogen) atoms. The largest absolute Gasteiger partial charge is 0.496 e. The molecule has 3 rings (SSSR count). The van der Waals surface area contributed by atoms with Crippen LogP contribution in [-0.2, 0) is 4.79 Å². The number of aromatic nitrogens is 1. The van der Waals surface area contributed by atoms with Gasteiger partial charge in [-0.05, 0) is 83.5 Å². The van der Waals surface area contributed by atoms with Crippen molar-refractivity contribution in [2.75, 3.05) is 19.0 Å². The fourth-order valence-electron chi connectivity index (χ4n) is 2.53. The highest BCUT2D eigenvalue weighted by Crippen LogP contribution is 2.32. The van der Waals surface area contributed by atoms with E-state index in [1.807, 2.05) is 55.6 Å². The number of thiocarbonyl (C=S) groups is 1. The zero-order chi connectivity index (χ0) is 21.7. The van der Waals surface area contributed by atoms with Crippen molar-refractivity contribution in [3.05, 3.63) is 57.4 Å². The van der Waals surface area contributed by atoms with Crippen LogP contribution < -0.4 is 20.1 Å². The normalized spacial score (nSPS) is 10.4. The zero-order valence-corrected chi connectivity index (χ0v) is 19.8. The highest BCUT2D eigenvalue weighted by Gasteiger charge is 2.11. The Morgan fingerprint density at radius 2 is 2.00 bits per heavy atom. The lowest BCUT2D eigenvalue weighted by Gasteiger charge is -2.10. The molecule has 1 heterocycles. The lowest BCUT2D eigenvalue weighted by Crippen LogP contribution is -2.37. The van der Waals surface area contributed by atoms with E-state index in [0.29, 0.717) is 10.9 Å². The van der Waals surface area contributed by atoms with Crippen molar-refractivity contribution in [1.29, 1.82) is 0 Å². The highest BCUT2D eigenvalue weighted by atomic mass is 79.9. The van der Waals surface area contributed by atoms with Crippen molar-refractivity contribution in [2.45, 2.75) is 13.8 Å². The number of hydrogen-bond acceptors (Lipinski definition) is 6. The maximum absolute atomic E-state index is 12.1. The second-order valence-corrected chi connectivity index (χ2v) is 8.54. The van der Waals surface area contributed by atoms with Gasteiger partial charge in [0.1, 0.15) is 11.5 Å². The molecule has 9 heteroatoms. The van der Waals surface area contributed by atoms with Gasteiger partial charge in [-0.25, -0.2) is 4.98 Å². The van der Waals surface area contributed by atoms with Crippen molar-refractivity contribution in [2.24, 2.45) is 0 Å². The Morgan fingerprint density at radius 3 is 2.70 bits per heavy atom. The number of nitrogens with zero attached hydrogens (tertiary/aromatic N) is 1. The molecule has 0 aliphatic rings. The first-order valence-electron chi connectivity index (χ1n) is 8.96. The molecule has 0 saturated carbocycles. The van der Waals surface area contributed by atoms with Crippen LogP contribution in [0.25, 0.3) is 11.3 Å². The monoisotopic (exact) mass is 505 g/mol. The number of hydrogen-bond donors (Lipinski definition) is 2. The van der Waals surface area contributed by atoms with E-state index in [0.717, 1.165) is 27.0 Å². The molecule has 0 unspecified atom stereocenters. The number of nitrogens with one attached hydrogen (secondary N) is 2. The van der Waals surface area contributed by atoms with Gasteiger partial charge >= 0.3 is 0 Å². The molecule has 0 atom stereocenters. The Balaban J connectivity index is 1.53. The van der Waals surface area contributed by atoms with Crippen LogP contribution in [0, 0.1) is 13.8 Å². The standard InChI is InChI=1S/C21H20BrN3O3S2/c1-12-4-6-15(8-13(12)2)28-10-19(26)24-20(29)25-21-23-17(11-30-21)14-5-7-18(27-3)16(22)9-14/h4-9,11H,10H2,1-3H3,(H2,23,24,25,26,29). The number of benzene rings is 2. The maximum Gasteiger partial charge on any atom is 0.264 e. The molecule has 1 aromatic heterocycles. The molecule has 2 aromatic carbocycles. The summed E-state index contributed by atoms with van der Waals surface area (Å²) in [6.07, 6.45) is 0. The van der Waals surface area contributed by atoms with E-state index in [-0.39, 0.29) is 17.6 Å². The van der Waals surface area contributed by atoms with Gasteiger partial charge in [-0.2, -0.15) is 0 Å². The van der Waals surface area contributed by atoms with E-state index in [4.69, 9.17) is 21.7 Å². The summed E-state index contributed by atoms with van der Waals surface area (Å²) in [5, 5.41) is 8.18. The first-order chi connectivity index (χ1) is 14.4. The van der Waals surface area contributed by atoms with Gasteiger partial charge in [0.25, 0.3) is 5.91 Å². The summed E-state index contributed by atoms with van der Waals surface area (Å²) in [5.41, 5.74) is 4.00. The quantitative estimate of drug-likeness (QED) is 0.454. The molecule has 0 spiro atoms. The lowest BCUT2D eigenvalue weighted by molar-refractivity contribution is -0.121. The van der Waals surface area contributed by atoms with E-state index >= 15 is 0 Å². The van der Waals surface area contributed by atoms with Gasteiger partial charge in [-0.1, -0.05) is 6.07 Å². The molecule has 3 aromatic rings. The minimum Gasteiger partial charge on any atom is -0.496 e. The third-order valence-corrected chi connectivity index (χ3v) is 5.86. The zero-order valence-electron chi connectivity index (χ0n) is 16.6. The predicted molar refractivity (Wildman–Crippen MR) is 128 cm³/mol. The summed E-state index contributed by atoms with van der Waals surface area (Å²) < 4.78 is 11.6. The van der Waals surface area contributed by atoms with Crippen LogP contribution >= 0.6 is 39.5 Å². The summed E-state index contributed by atoms with van der Waals surface area (Å²) in [7, 11) is 1.62. The Morgan fingerprint density at radius 1 is 1.20 bits per heavy atom. The molecule has 0 radical (unpaired) electrons. The van der Waals surface area contributed by atoms with Gasteiger partial charge in [0.2, 0.25) is 0 Å². The first-order valence-corrected chi connectivity index (χ1v) is 11.0. The average molecular weight is 506 g/mol. The van der Waals surface area contributed by atoms with Crippen LogP contribution in [0.5, 0.6) is 11.5 Å². The Kier molecular flexibility index (Phi) is 7.41. The molecule has 6 nitrogen and oxygen atoms in total. The van der Waals surface area contributed by atoms with Crippen LogP contribution in [0.2, 0.25) is 0 Å². The third kappa shape index (κ3) is 5.78. The predicted octanol–water partition coefficient (Wildman–Crippen LogP) is 5.09. The number of aryl methyl sites for hydroxylation is 2. The number of carbonyl (C=O) groups excluding carboxylic acids is 1. The van der Waals surface area contributed by atoms with Crippen LogP contribution in [0.3, 0.4) is 0 Å². The Labute approximate surface area is 192 Å². The third-order valence-electron chi connectivity index (χ3n) is 4.27. The first kappa shape index (κ1) is 22.2. The SMILES string of the molecule is COc1ccc(-c2csc(NC(=S)NC(=O)COc3ccc(C)c(C)c3)n2)cc1Br. The topological polar surface area (TPSA) is 72.5 Å². The van der Waals surface area contributed by atoms with Crippen molar-refractivity contribution in [3.63, 3.8) is 0 Å². The number of rotatable bonds is 6. The smallest absolute Gasteiger partial charge is 0.264 e. The van der Waals surface area contributed by atoms with Gasteiger partial charge in [0.05, 0.1) is 17.3 Å². The van der Waals surface area contributed by atoms with Crippen LogP contribution in [-0.4, -0.2) is 29.7 Å². The molecule has 0 aliphatic heterocycles. The molecule has 1 amide bonds. The Bertz CT molecular complexity index is 1090. The lowest BCUT2D eigenvalue weighted by atomic mass is 10.1. The molecular formula is C21H20BrN3O3S2. The minimum atomic E-state index is -0.346. The Hall–Kier alpha value is -2.49. The van der Waals surface area contributed by atoms with E-state index in [2.05, 4.69) is 31.5 Å². The van der Waals surface area contributed by atoms with Gasteiger partial charge in [0.15, 0.2) is 16.9 Å². The fraction of sp³-hybridized carbons (Fsp3) is 0.190. The maximum atomic E-state index is 12.1. The van der Waals surface area contributed by atoms with Gasteiger partial charge < -0.3 is 14.8 Å². The molecule has 2 N–H and O–H groups in total. The molecule has 156 valence electrons. The van der Waals surface area contributed by atoms with Gasteiger partial charge in [0, 0.05) is 10.9 Å². The van der Waals surface area contributed by atoms with E-state index in [1.165, 1.54) is 16.9 Å². The van der Waals surface area contributed by atoms with Crippen molar-refractivity contribution >= 4 is 55.6 Å². The molecule has 0 bridgehead atoms. The molecule has 0 aliphatic carbocycles. The number of thiazole rings is 1. The number of carbonyl (C=O) groups is 1. The van der Waals surface area contributed by atoms with Crippen molar-refractivity contribution in [1.82, 2.24) is 10.3 Å². The number of ether oxygens (including phenoxy) is 2. The molecular weight excluding hydrogens is 486 g/mol. The van der Waals surface area contributed by atoms with E-state index in [9.17, 15) is 4.79 Å². The number of amides is 1. The fourth-order valence-corrected chi connectivity index (χ4v) is 4.07. The van der Waals surface area contributed by atoms with Gasteiger partial charge in [-0.15, -0.1) is 11.3 Å². The summed E-state index contributed by atoms with van der Waals surface area (Å²) >= 11 is 10.1. The minimum absolute atomic E-state index is 0.132. The van der Waals surface area contributed by atoms with E-state index in [1.54, 1.807) is 7.11 Å². The summed E-state index contributed by atoms with van der Waals surface area (Å²) in [6.45, 7) is 3.88. The van der Waals surface area contributed by atoms with Crippen LogP contribution in [0.4, 0.5) is 5.13 Å². The van der Waals surface area contributed by atoms with E-state index < -0.39 is 0 Å². The highest BCUT2D eigenvalue weighted by molar-refractivity contribution is 9.10. The van der Waals surface area contributed by atoms with Crippen molar-refractivity contribution in [3.8, 4) is 22.8 Å². The summed E-state index contributed by atoms with van der Waals surface area (Å²) in [5.74, 6) is 1.04. The van der Waals surface area contributed by atoms with Crippen LogP contribution in [0.15, 0.2) is 46.3 Å². The van der Waals surface area contributed by atoms with Gasteiger partial charge in [-0.3, -0.25) is 10.1 Å². The van der Waals surface area contributed by atoms with Crippen LogP contribution in [0.1, 0.15) is 11.1 Å². The summed E-state index contributed by atoms with van der Waals surface area (Å²) in [4.78, 5) is 16.6. The van der Waals surface area contributed by atoms with Crippen molar-refractivity contribution < 1.29 is 14.3 Å². The number of anilines is 1. The number of halogens is 1. The number of methoxy groups -OCH3 is 1.